The van der Waals surface area contributed by atoms with E-state index in [2.05, 4.69) is 44.3 Å². The monoisotopic (exact) mass is 359 g/mol. The zero-order valence-corrected chi connectivity index (χ0v) is 16.4. The third-order valence-electron chi connectivity index (χ3n) is 5.69. The van der Waals surface area contributed by atoms with E-state index in [1.54, 1.807) is 0 Å². The molecule has 1 aliphatic carbocycles. The molecule has 1 saturated heterocycles. The lowest BCUT2D eigenvalue weighted by atomic mass is 9.90. The molecule has 0 radical (unpaired) electrons. The fourth-order valence-corrected chi connectivity index (χ4v) is 3.78. The largest absolute Gasteiger partial charge is 0.493 e. The Kier molecular flexibility index (Phi) is 6.58. The lowest BCUT2D eigenvalue weighted by molar-refractivity contribution is -0.148. The SMILES string of the molecule is CC(C)c1cccc([C@H](C)C2CC2)c1OCCCOC(=O)C1CCNC1. The molecule has 2 aliphatic rings. The van der Waals surface area contributed by atoms with Crippen LogP contribution < -0.4 is 10.1 Å². The van der Waals surface area contributed by atoms with E-state index in [0.717, 1.165) is 37.6 Å². The van der Waals surface area contributed by atoms with Gasteiger partial charge in [0, 0.05) is 13.0 Å². The van der Waals surface area contributed by atoms with Gasteiger partial charge in [0.05, 0.1) is 19.1 Å². The van der Waals surface area contributed by atoms with Crippen LogP contribution in [0.2, 0.25) is 0 Å². The van der Waals surface area contributed by atoms with Gasteiger partial charge in [0.2, 0.25) is 0 Å². The number of esters is 1. The molecular formula is C22H33NO3. The zero-order chi connectivity index (χ0) is 18.5. The molecule has 144 valence electrons. The van der Waals surface area contributed by atoms with Crippen LogP contribution in [0.1, 0.15) is 69.4 Å². The predicted octanol–water partition coefficient (Wildman–Crippen LogP) is 4.25. The number of nitrogens with one attached hydrogen (secondary N) is 1. The van der Waals surface area contributed by atoms with E-state index < -0.39 is 0 Å². The molecule has 1 N–H and O–H groups in total. The minimum atomic E-state index is -0.0689. The first kappa shape index (κ1) is 19.2. The van der Waals surface area contributed by atoms with Crippen LogP contribution in [0, 0.1) is 11.8 Å². The number of para-hydroxylation sites is 1. The Morgan fingerprint density at radius 1 is 1.15 bits per heavy atom. The first-order valence-electron chi connectivity index (χ1n) is 10.2. The first-order chi connectivity index (χ1) is 12.6. The van der Waals surface area contributed by atoms with E-state index in [1.165, 1.54) is 24.0 Å². The number of rotatable bonds is 9. The third-order valence-corrected chi connectivity index (χ3v) is 5.69. The Morgan fingerprint density at radius 3 is 2.58 bits per heavy atom. The van der Waals surface area contributed by atoms with Crippen molar-refractivity contribution in [1.29, 1.82) is 0 Å². The second-order valence-corrected chi connectivity index (χ2v) is 8.11. The smallest absolute Gasteiger partial charge is 0.310 e. The minimum Gasteiger partial charge on any atom is -0.493 e. The molecule has 0 amide bonds. The summed E-state index contributed by atoms with van der Waals surface area (Å²) in [5.41, 5.74) is 2.62. The van der Waals surface area contributed by atoms with E-state index >= 15 is 0 Å². The third kappa shape index (κ3) is 4.79. The lowest BCUT2D eigenvalue weighted by Crippen LogP contribution is -2.21. The van der Waals surface area contributed by atoms with Crippen molar-refractivity contribution in [2.24, 2.45) is 11.8 Å². The second-order valence-electron chi connectivity index (χ2n) is 8.11. The van der Waals surface area contributed by atoms with Gasteiger partial charge in [-0.15, -0.1) is 0 Å². The molecule has 1 aliphatic heterocycles. The molecule has 1 aromatic carbocycles. The van der Waals surface area contributed by atoms with Gasteiger partial charge in [0.25, 0.3) is 0 Å². The van der Waals surface area contributed by atoms with Gasteiger partial charge in [0.15, 0.2) is 0 Å². The zero-order valence-electron chi connectivity index (χ0n) is 16.4. The molecule has 4 heteroatoms. The Hall–Kier alpha value is -1.55. The number of hydrogen-bond donors (Lipinski definition) is 1. The first-order valence-corrected chi connectivity index (χ1v) is 10.2. The van der Waals surface area contributed by atoms with E-state index in [1.807, 2.05) is 0 Å². The fourth-order valence-electron chi connectivity index (χ4n) is 3.78. The number of hydrogen-bond acceptors (Lipinski definition) is 4. The van der Waals surface area contributed by atoms with Crippen molar-refractivity contribution in [3.05, 3.63) is 29.3 Å². The van der Waals surface area contributed by atoms with Crippen LogP contribution in [0.4, 0.5) is 0 Å². The summed E-state index contributed by atoms with van der Waals surface area (Å²) in [6.45, 7) is 9.44. The fraction of sp³-hybridized carbons (Fsp3) is 0.682. The van der Waals surface area contributed by atoms with Crippen LogP contribution in [0.5, 0.6) is 5.75 Å². The molecule has 0 bridgehead atoms. The van der Waals surface area contributed by atoms with Crippen LogP contribution in [0.15, 0.2) is 18.2 Å². The van der Waals surface area contributed by atoms with Crippen LogP contribution in [0.3, 0.4) is 0 Å². The Labute approximate surface area is 157 Å². The van der Waals surface area contributed by atoms with Crippen LogP contribution in [0.25, 0.3) is 0 Å². The van der Waals surface area contributed by atoms with Gasteiger partial charge in [-0.1, -0.05) is 39.0 Å². The van der Waals surface area contributed by atoms with Crippen molar-refractivity contribution >= 4 is 5.97 Å². The highest BCUT2D eigenvalue weighted by atomic mass is 16.5. The van der Waals surface area contributed by atoms with E-state index in [9.17, 15) is 4.79 Å². The van der Waals surface area contributed by atoms with Crippen molar-refractivity contribution < 1.29 is 14.3 Å². The molecule has 0 aromatic heterocycles. The Balaban J connectivity index is 1.53. The summed E-state index contributed by atoms with van der Waals surface area (Å²) in [6, 6.07) is 6.56. The molecular weight excluding hydrogens is 326 g/mol. The van der Waals surface area contributed by atoms with Gasteiger partial charge in [-0.2, -0.15) is 0 Å². The van der Waals surface area contributed by atoms with E-state index in [4.69, 9.17) is 9.47 Å². The van der Waals surface area contributed by atoms with Gasteiger partial charge in [-0.05, 0) is 54.7 Å². The molecule has 26 heavy (non-hydrogen) atoms. The van der Waals surface area contributed by atoms with Gasteiger partial charge in [0.1, 0.15) is 5.75 Å². The Bertz CT molecular complexity index is 603. The standard InChI is InChI=1S/C22H33NO3/c1-15(2)19-6-4-7-20(16(3)17-8-9-17)21(19)25-12-5-13-26-22(24)18-10-11-23-14-18/h4,6-7,15-18,23H,5,8-14H2,1-3H3/t16-,18?/m1/s1. The summed E-state index contributed by atoms with van der Waals surface area (Å²) < 4.78 is 11.6. The lowest BCUT2D eigenvalue weighted by Gasteiger charge is -2.21. The maximum Gasteiger partial charge on any atom is 0.310 e. The van der Waals surface area contributed by atoms with Gasteiger partial charge in [-0.25, -0.2) is 0 Å². The van der Waals surface area contributed by atoms with Crippen LogP contribution in [-0.2, 0) is 9.53 Å². The molecule has 1 aromatic rings. The molecule has 0 spiro atoms. The topological polar surface area (TPSA) is 47.6 Å². The summed E-state index contributed by atoms with van der Waals surface area (Å²) in [7, 11) is 0. The average molecular weight is 360 g/mol. The summed E-state index contributed by atoms with van der Waals surface area (Å²) >= 11 is 0. The van der Waals surface area contributed by atoms with Gasteiger partial charge in [-0.3, -0.25) is 4.79 Å². The molecule has 1 saturated carbocycles. The second kappa shape index (κ2) is 8.90. The van der Waals surface area contributed by atoms with Crippen molar-refractivity contribution in [3.63, 3.8) is 0 Å². The highest BCUT2D eigenvalue weighted by Crippen LogP contribution is 2.46. The summed E-state index contributed by atoms with van der Waals surface area (Å²) in [5, 5.41) is 3.20. The molecule has 1 unspecified atom stereocenters. The highest BCUT2D eigenvalue weighted by Gasteiger charge is 2.31. The summed E-state index contributed by atoms with van der Waals surface area (Å²) in [5.74, 6) is 2.82. The number of benzene rings is 1. The van der Waals surface area contributed by atoms with Crippen molar-refractivity contribution in [2.45, 2.75) is 58.3 Å². The molecule has 2 fully saturated rings. The number of carbonyl (C=O) groups excluding carboxylic acids is 1. The van der Waals surface area contributed by atoms with Crippen LogP contribution >= 0.6 is 0 Å². The normalized spacial score (nSPS) is 21.0. The van der Waals surface area contributed by atoms with Gasteiger partial charge >= 0.3 is 5.97 Å². The summed E-state index contributed by atoms with van der Waals surface area (Å²) in [4.78, 5) is 11.9. The number of ether oxygens (including phenoxy) is 2. The molecule has 4 nitrogen and oxygen atoms in total. The molecule has 1 heterocycles. The molecule has 2 atom stereocenters. The molecule has 3 rings (SSSR count). The van der Waals surface area contributed by atoms with Crippen molar-refractivity contribution in [2.75, 3.05) is 26.3 Å². The summed E-state index contributed by atoms with van der Waals surface area (Å²) in [6.07, 6.45) is 4.28. The van der Waals surface area contributed by atoms with Crippen molar-refractivity contribution in [3.8, 4) is 5.75 Å². The van der Waals surface area contributed by atoms with Crippen LogP contribution in [-0.4, -0.2) is 32.3 Å². The Morgan fingerprint density at radius 2 is 1.92 bits per heavy atom. The van der Waals surface area contributed by atoms with E-state index in [0.29, 0.717) is 25.0 Å². The van der Waals surface area contributed by atoms with Gasteiger partial charge < -0.3 is 14.8 Å². The maximum atomic E-state index is 11.9. The maximum absolute atomic E-state index is 11.9. The van der Waals surface area contributed by atoms with E-state index in [-0.39, 0.29) is 11.9 Å². The number of carbonyl (C=O) groups is 1. The minimum absolute atomic E-state index is 0.0311. The van der Waals surface area contributed by atoms with Crippen molar-refractivity contribution in [1.82, 2.24) is 5.32 Å². The highest BCUT2D eigenvalue weighted by molar-refractivity contribution is 5.73. The predicted molar refractivity (Wildman–Crippen MR) is 104 cm³/mol. The average Bonchev–Trinajstić information content (AvgIpc) is 3.34. The quantitative estimate of drug-likeness (QED) is 0.529.